The maximum absolute atomic E-state index is 5.95. The molecule has 2 nitrogen and oxygen atoms in total. The van der Waals surface area contributed by atoms with Gasteiger partial charge in [0, 0.05) is 16.3 Å². The van der Waals surface area contributed by atoms with Crippen LogP contribution < -0.4 is 5.32 Å². The predicted molar refractivity (Wildman–Crippen MR) is 82.5 cm³/mol. The molecule has 1 aliphatic rings. The van der Waals surface area contributed by atoms with Crippen molar-refractivity contribution in [1.82, 2.24) is 5.32 Å². The van der Waals surface area contributed by atoms with Gasteiger partial charge in [0.2, 0.25) is 0 Å². The van der Waals surface area contributed by atoms with Crippen LogP contribution in [0.3, 0.4) is 0 Å². The van der Waals surface area contributed by atoms with E-state index in [1.54, 1.807) is 0 Å². The molecule has 19 heavy (non-hydrogen) atoms. The van der Waals surface area contributed by atoms with Gasteiger partial charge in [-0.3, -0.25) is 0 Å². The number of aryl methyl sites for hydroxylation is 1. The van der Waals surface area contributed by atoms with E-state index < -0.39 is 0 Å². The highest BCUT2D eigenvalue weighted by atomic mass is 32.1. The van der Waals surface area contributed by atoms with E-state index in [1.807, 2.05) is 18.4 Å². The van der Waals surface area contributed by atoms with E-state index in [4.69, 9.17) is 4.74 Å². The van der Waals surface area contributed by atoms with Crippen molar-refractivity contribution in [3.8, 4) is 0 Å². The molecule has 0 saturated heterocycles. The molecular weight excluding hydrogens is 254 g/mol. The number of allylic oxidation sites excluding steroid dienone is 2. The Balaban J connectivity index is 1.80. The summed E-state index contributed by atoms with van der Waals surface area (Å²) in [5, 5.41) is 3.20. The van der Waals surface area contributed by atoms with Gasteiger partial charge < -0.3 is 10.1 Å². The number of rotatable bonds is 6. The summed E-state index contributed by atoms with van der Waals surface area (Å²) in [6.45, 7) is 7.13. The second-order valence-electron chi connectivity index (χ2n) is 5.52. The molecule has 0 bridgehead atoms. The Morgan fingerprint density at radius 3 is 2.89 bits per heavy atom. The summed E-state index contributed by atoms with van der Waals surface area (Å²) in [7, 11) is 1.99. The zero-order valence-corrected chi connectivity index (χ0v) is 13.1. The summed E-state index contributed by atoms with van der Waals surface area (Å²) in [6.07, 6.45) is 6.98. The van der Waals surface area contributed by atoms with Crippen LogP contribution in [0.5, 0.6) is 0 Å². The van der Waals surface area contributed by atoms with E-state index in [0.29, 0.717) is 5.92 Å². The Morgan fingerprint density at radius 1 is 1.37 bits per heavy atom. The van der Waals surface area contributed by atoms with Crippen LogP contribution in [-0.4, -0.2) is 13.7 Å². The fourth-order valence-corrected chi connectivity index (χ4v) is 3.61. The Labute approximate surface area is 120 Å². The standard InChI is InChI=1S/C16H25NOS/c1-12-6-4-5-7-14(12)10-18-11-15-8-16(9-17-3)19-13(15)2/h4-5,8,12,14,17H,6-7,9-11H2,1-3H3. The smallest absolute Gasteiger partial charge is 0.0727 e. The molecule has 3 heteroatoms. The van der Waals surface area contributed by atoms with Crippen LogP contribution in [0.4, 0.5) is 0 Å². The summed E-state index contributed by atoms with van der Waals surface area (Å²) in [4.78, 5) is 2.79. The van der Waals surface area contributed by atoms with E-state index in [1.165, 1.54) is 28.2 Å². The first-order valence-electron chi connectivity index (χ1n) is 7.16. The molecule has 0 spiro atoms. The molecule has 1 heterocycles. The lowest BCUT2D eigenvalue weighted by molar-refractivity contribution is 0.0680. The van der Waals surface area contributed by atoms with E-state index >= 15 is 0 Å². The van der Waals surface area contributed by atoms with E-state index in [2.05, 4.69) is 37.4 Å². The molecule has 106 valence electrons. The summed E-state index contributed by atoms with van der Waals surface area (Å²) in [5.74, 6) is 1.45. The lowest BCUT2D eigenvalue weighted by Crippen LogP contribution is -2.19. The molecule has 1 N–H and O–H groups in total. The van der Waals surface area contributed by atoms with Crippen molar-refractivity contribution in [2.75, 3.05) is 13.7 Å². The normalized spacial score (nSPS) is 22.9. The van der Waals surface area contributed by atoms with Gasteiger partial charge in [0.15, 0.2) is 0 Å². The van der Waals surface area contributed by atoms with Crippen LogP contribution >= 0.6 is 11.3 Å². The SMILES string of the molecule is CNCc1cc(COCC2CC=CCC2C)c(C)s1. The summed E-state index contributed by atoms with van der Waals surface area (Å²) < 4.78 is 5.95. The van der Waals surface area contributed by atoms with Crippen LogP contribution in [0.2, 0.25) is 0 Å². The fourth-order valence-electron chi connectivity index (χ4n) is 2.55. The largest absolute Gasteiger partial charge is 0.376 e. The van der Waals surface area contributed by atoms with Crippen molar-refractivity contribution < 1.29 is 4.74 Å². The Kier molecular flexibility index (Phi) is 5.61. The zero-order valence-electron chi connectivity index (χ0n) is 12.2. The van der Waals surface area contributed by atoms with Gasteiger partial charge in [-0.25, -0.2) is 0 Å². The first-order chi connectivity index (χ1) is 9.20. The van der Waals surface area contributed by atoms with Crippen molar-refractivity contribution in [3.05, 3.63) is 33.5 Å². The number of nitrogens with one attached hydrogen (secondary N) is 1. The summed E-state index contributed by atoms with van der Waals surface area (Å²) in [6, 6.07) is 2.28. The van der Waals surface area contributed by atoms with E-state index in [-0.39, 0.29) is 0 Å². The minimum Gasteiger partial charge on any atom is -0.376 e. The average molecular weight is 279 g/mol. The van der Waals surface area contributed by atoms with Gasteiger partial charge in [0.25, 0.3) is 0 Å². The van der Waals surface area contributed by atoms with Gasteiger partial charge in [-0.1, -0.05) is 19.1 Å². The van der Waals surface area contributed by atoms with Gasteiger partial charge in [0.05, 0.1) is 13.2 Å². The molecule has 2 rings (SSSR count). The van der Waals surface area contributed by atoms with Crippen molar-refractivity contribution in [1.29, 1.82) is 0 Å². The summed E-state index contributed by atoms with van der Waals surface area (Å²) >= 11 is 1.87. The molecule has 2 atom stereocenters. The third-order valence-electron chi connectivity index (χ3n) is 3.93. The molecular formula is C16H25NOS. The topological polar surface area (TPSA) is 21.3 Å². The third-order valence-corrected chi connectivity index (χ3v) is 5.02. The average Bonchev–Trinajstić information content (AvgIpc) is 2.73. The van der Waals surface area contributed by atoms with Crippen LogP contribution in [0.15, 0.2) is 18.2 Å². The second kappa shape index (κ2) is 7.22. The highest BCUT2D eigenvalue weighted by Crippen LogP contribution is 2.26. The zero-order chi connectivity index (χ0) is 13.7. The van der Waals surface area contributed by atoms with Gasteiger partial charge in [-0.05, 0) is 50.3 Å². The maximum Gasteiger partial charge on any atom is 0.0727 e. The van der Waals surface area contributed by atoms with Gasteiger partial charge in [0.1, 0.15) is 0 Å². The molecule has 1 aromatic heterocycles. The van der Waals surface area contributed by atoms with E-state index in [9.17, 15) is 0 Å². The molecule has 0 fully saturated rings. The van der Waals surface area contributed by atoms with Crippen molar-refractivity contribution >= 4 is 11.3 Å². The predicted octanol–water partition coefficient (Wildman–Crippen LogP) is 3.89. The Morgan fingerprint density at radius 2 is 2.16 bits per heavy atom. The van der Waals surface area contributed by atoms with Crippen LogP contribution in [0, 0.1) is 18.8 Å². The molecule has 0 saturated carbocycles. The van der Waals surface area contributed by atoms with Gasteiger partial charge >= 0.3 is 0 Å². The molecule has 1 aliphatic carbocycles. The van der Waals surface area contributed by atoms with Gasteiger partial charge in [-0.15, -0.1) is 11.3 Å². The quantitative estimate of drug-likeness (QED) is 0.798. The maximum atomic E-state index is 5.95. The Bertz CT molecular complexity index is 424. The highest BCUT2D eigenvalue weighted by molar-refractivity contribution is 7.12. The number of thiophene rings is 1. The highest BCUT2D eigenvalue weighted by Gasteiger charge is 2.18. The molecule has 0 aliphatic heterocycles. The Hall–Kier alpha value is -0.640. The lowest BCUT2D eigenvalue weighted by atomic mass is 9.85. The van der Waals surface area contributed by atoms with Crippen LogP contribution in [0.25, 0.3) is 0 Å². The second-order valence-corrected chi connectivity index (χ2v) is 6.86. The number of ether oxygens (including phenoxy) is 1. The fraction of sp³-hybridized carbons (Fsp3) is 0.625. The minimum atomic E-state index is 0.695. The molecule has 2 unspecified atom stereocenters. The third kappa shape index (κ3) is 4.16. The molecule has 0 aromatic carbocycles. The molecule has 0 amide bonds. The van der Waals surface area contributed by atoms with Crippen molar-refractivity contribution in [3.63, 3.8) is 0 Å². The molecule has 0 radical (unpaired) electrons. The first kappa shape index (κ1) is 14.8. The van der Waals surface area contributed by atoms with Gasteiger partial charge in [-0.2, -0.15) is 0 Å². The first-order valence-corrected chi connectivity index (χ1v) is 7.98. The summed E-state index contributed by atoms with van der Waals surface area (Å²) in [5.41, 5.74) is 1.36. The van der Waals surface area contributed by atoms with Crippen molar-refractivity contribution in [2.45, 2.75) is 39.8 Å². The van der Waals surface area contributed by atoms with Crippen molar-refractivity contribution in [2.24, 2.45) is 11.8 Å². The molecule has 1 aromatic rings. The number of hydrogen-bond donors (Lipinski definition) is 1. The van der Waals surface area contributed by atoms with E-state index in [0.717, 1.165) is 25.7 Å². The number of hydrogen-bond acceptors (Lipinski definition) is 3. The van der Waals surface area contributed by atoms with Crippen LogP contribution in [-0.2, 0) is 17.9 Å². The minimum absolute atomic E-state index is 0.695. The monoisotopic (exact) mass is 279 g/mol. The lowest BCUT2D eigenvalue weighted by Gasteiger charge is -2.24. The van der Waals surface area contributed by atoms with Crippen LogP contribution in [0.1, 0.15) is 35.1 Å².